The molecule has 9 heteroatoms. The molecule has 0 atom stereocenters. The van der Waals surface area contributed by atoms with Crippen LogP contribution in [-0.4, -0.2) is 33.6 Å². The van der Waals surface area contributed by atoms with Gasteiger partial charge < -0.3 is 10.6 Å². The van der Waals surface area contributed by atoms with Gasteiger partial charge in [0.25, 0.3) is 5.91 Å². The molecule has 0 saturated carbocycles. The molecule has 3 rings (SSSR count). The summed E-state index contributed by atoms with van der Waals surface area (Å²) in [6.07, 6.45) is 5.38. The molecule has 2 aromatic carbocycles. The van der Waals surface area contributed by atoms with Gasteiger partial charge in [-0.15, -0.1) is 0 Å². The second-order valence-electron chi connectivity index (χ2n) is 6.06. The van der Waals surface area contributed by atoms with Crippen LogP contribution < -0.4 is 10.6 Å². The molecule has 0 aliphatic rings. The predicted molar refractivity (Wildman–Crippen MR) is 110 cm³/mol. The zero-order valence-electron chi connectivity index (χ0n) is 15.5. The van der Waals surface area contributed by atoms with E-state index < -0.39 is 23.4 Å². The van der Waals surface area contributed by atoms with Crippen LogP contribution in [0.4, 0.5) is 20.2 Å². The van der Waals surface area contributed by atoms with E-state index in [-0.39, 0.29) is 17.7 Å². The van der Waals surface area contributed by atoms with Crippen LogP contribution >= 0.6 is 11.8 Å². The normalized spacial score (nSPS) is 10.6. The van der Waals surface area contributed by atoms with Crippen molar-refractivity contribution in [3.8, 4) is 5.69 Å². The number of halogens is 2. The smallest absolute Gasteiger partial charge is 0.258 e. The quantitative estimate of drug-likeness (QED) is 0.608. The molecule has 0 aliphatic carbocycles. The molecule has 0 bridgehead atoms. The monoisotopic (exact) mass is 416 g/mol. The molecule has 0 fully saturated rings. The molecule has 0 saturated heterocycles. The van der Waals surface area contributed by atoms with Crippen LogP contribution in [0.15, 0.2) is 54.9 Å². The van der Waals surface area contributed by atoms with Crippen LogP contribution in [0.1, 0.15) is 16.8 Å². The van der Waals surface area contributed by atoms with Crippen molar-refractivity contribution in [2.45, 2.75) is 6.42 Å². The van der Waals surface area contributed by atoms with Crippen LogP contribution in [0.5, 0.6) is 0 Å². The molecule has 2 N–H and O–H groups in total. The zero-order chi connectivity index (χ0) is 20.8. The summed E-state index contributed by atoms with van der Waals surface area (Å²) < 4.78 is 29.8. The number of hydrogen-bond acceptors (Lipinski definition) is 4. The van der Waals surface area contributed by atoms with Gasteiger partial charge in [0, 0.05) is 36.3 Å². The van der Waals surface area contributed by atoms with Gasteiger partial charge in [0.05, 0.1) is 16.9 Å². The summed E-state index contributed by atoms with van der Waals surface area (Å²) in [6, 6.07) is 10.1. The van der Waals surface area contributed by atoms with E-state index in [0.29, 0.717) is 23.2 Å². The summed E-state index contributed by atoms with van der Waals surface area (Å²) in [5.41, 5.74) is 0.496. The first-order valence-corrected chi connectivity index (χ1v) is 10.1. The standard InChI is InChI=1S/C20H18F2N4O2S/c1-29-9-6-19(27)25-18-11-15(16(21)12-17(18)22)20(28)24-13-4-2-5-14(10-13)26-8-3-7-23-26/h2-5,7-8,10-12H,6,9H2,1H3,(H,24,28)(H,25,27). The number of carbonyl (C=O) groups excluding carboxylic acids is 2. The Hall–Kier alpha value is -3.20. The first-order chi connectivity index (χ1) is 14.0. The van der Waals surface area contributed by atoms with E-state index in [1.54, 1.807) is 47.4 Å². The third-order valence-electron chi connectivity index (χ3n) is 3.98. The van der Waals surface area contributed by atoms with Gasteiger partial charge >= 0.3 is 0 Å². The van der Waals surface area contributed by atoms with E-state index in [0.717, 1.165) is 6.07 Å². The van der Waals surface area contributed by atoms with Crippen LogP contribution in [0.3, 0.4) is 0 Å². The van der Waals surface area contributed by atoms with Gasteiger partial charge in [0.2, 0.25) is 5.91 Å². The number of rotatable bonds is 7. The van der Waals surface area contributed by atoms with E-state index in [2.05, 4.69) is 15.7 Å². The Morgan fingerprint density at radius 1 is 1.10 bits per heavy atom. The highest BCUT2D eigenvalue weighted by atomic mass is 32.2. The Labute approximate surface area is 170 Å². The fourth-order valence-corrected chi connectivity index (χ4v) is 2.96. The third kappa shape index (κ3) is 5.20. The Bertz CT molecular complexity index is 1030. The second-order valence-corrected chi connectivity index (χ2v) is 7.04. The number of carbonyl (C=O) groups is 2. The van der Waals surface area contributed by atoms with E-state index in [1.165, 1.54) is 11.8 Å². The van der Waals surface area contributed by atoms with E-state index in [4.69, 9.17) is 0 Å². The maximum atomic E-state index is 14.2. The fourth-order valence-electron chi connectivity index (χ4n) is 2.57. The minimum Gasteiger partial charge on any atom is -0.324 e. The molecular weight excluding hydrogens is 398 g/mol. The Morgan fingerprint density at radius 3 is 2.66 bits per heavy atom. The van der Waals surface area contributed by atoms with Crippen molar-refractivity contribution >= 4 is 35.0 Å². The highest BCUT2D eigenvalue weighted by Gasteiger charge is 2.18. The van der Waals surface area contributed by atoms with Gasteiger partial charge in [-0.3, -0.25) is 9.59 Å². The molecule has 1 heterocycles. The third-order valence-corrected chi connectivity index (χ3v) is 4.59. The predicted octanol–water partition coefficient (Wildman–Crippen LogP) is 4.09. The summed E-state index contributed by atoms with van der Waals surface area (Å²) >= 11 is 1.47. The van der Waals surface area contributed by atoms with Gasteiger partial charge in [-0.25, -0.2) is 13.5 Å². The van der Waals surface area contributed by atoms with Crippen LogP contribution in [0, 0.1) is 11.6 Å². The molecule has 1 aromatic heterocycles. The molecule has 0 unspecified atom stereocenters. The second kappa shape index (κ2) is 9.33. The maximum Gasteiger partial charge on any atom is 0.258 e. The average Bonchev–Trinajstić information content (AvgIpc) is 3.23. The van der Waals surface area contributed by atoms with Gasteiger partial charge in [-0.2, -0.15) is 16.9 Å². The lowest BCUT2D eigenvalue weighted by molar-refractivity contribution is -0.115. The van der Waals surface area contributed by atoms with Crippen molar-refractivity contribution in [2.75, 3.05) is 22.6 Å². The topological polar surface area (TPSA) is 76.0 Å². The lowest BCUT2D eigenvalue weighted by atomic mass is 10.1. The number of thioether (sulfide) groups is 1. The molecule has 0 aliphatic heterocycles. The number of nitrogens with zero attached hydrogens (tertiary/aromatic N) is 2. The Balaban J connectivity index is 1.79. The largest absolute Gasteiger partial charge is 0.324 e. The van der Waals surface area contributed by atoms with Crippen molar-refractivity contribution in [3.05, 3.63) is 72.1 Å². The Kier molecular flexibility index (Phi) is 6.61. The minimum absolute atomic E-state index is 0.180. The summed E-state index contributed by atoms with van der Waals surface area (Å²) in [5.74, 6) is -2.58. The fraction of sp³-hybridized carbons (Fsp3) is 0.150. The van der Waals surface area contributed by atoms with Gasteiger partial charge in [-0.05, 0) is 36.6 Å². The molecule has 150 valence electrons. The first-order valence-electron chi connectivity index (χ1n) is 8.67. The molecule has 29 heavy (non-hydrogen) atoms. The summed E-state index contributed by atoms with van der Waals surface area (Å²) in [7, 11) is 0. The highest BCUT2D eigenvalue weighted by Crippen LogP contribution is 2.22. The zero-order valence-corrected chi connectivity index (χ0v) is 16.3. The first kappa shape index (κ1) is 20.5. The minimum atomic E-state index is -1.02. The van der Waals surface area contributed by atoms with Crippen LogP contribution in [-0.2, 0) is 4.79 Å². The van der Waals surface area contributed by atoms with Crippen molar-refractivity contribution in [1.82, 2.24) is 9.78 Å². The van der Waals surface area contributed by atoms with E-state index in [1.807, 2.05) is 6.26 Å². The number of anilines is 2. The van der Waals surface area contributed by atoms with Crippen molar-refractivity contribution < 1.29 is 18.4 Å². The number of hydrogen-bond donors (Lipinski definition) is 2. The average molecular weight is 416 g/mol. The summed E-state index contributed by atoms with van der Waals surface area (Å²) in [4.78, 5) is 24.4. The number of amides is 2. The lowest BCUT2D eigenvalue weighted by Crippen LogP contribution is -2.17. The van der Waals surface area contributed by atoms with Gasteiger partial charge in [0.1, 0.15) is 11.6 Å². The summed E-state index contributed by atoms with van der Waals surface area (Å²) in [5, 5.41) is 9.06. The molecule has 2 amide bonds. The van der Waals surface area contributed by atoms with Crippen molar-refractivity contribution in [2.24, 2.45) is 0 Å². The molecule has 6 nitrogen and oxygen atoms in total. The molecule has 3 aromatic rings. The molecular formula is C20H18F2N4O2S. The Morgan fingerprint density at radius 2 is 1.93 bits per heavy atom. The van der Waals surface area contributed by atoms with Crippen molar-refractivity contribution in [3.63, 3.8) is 0 Å². The number of nitrogens with one attached hydrogen (secondary N) is 2. The SMILES string of the molecule is CSCCC(=O)Nc1cc(C(=O)Nc2cccc(-n3cccn3)c2)c(F)cc1F. The molecule has 0 radical (unpaired) electrons. The van der Waals surface area contributed by atoms with Crippen molar-refractivity contribution in [1.29, 1.82) is 0 Å². The van der Waals surface area contributed by atoms with Gasteiger partial charge in [0.15, 0.2) is 0 Å². The van der Waals surface area contributed by atoms with Crippen LogP contribution in [0.2, 0.25) is 0 Å². The maximum absolute atomic E-state index is 14.2. The van der Waals surface area contributed by atoms with E-state index in [9.17, 15) is 18.4 Å². The van der Waals surface area contributed by atoms with Gasteiger partial charge in [-0.1, -0.05) is 6.07 Å². The van der Waals surface area contributed by atoms with E-state index >= 15 is 0 Å². The molecule has 0 spiro atoms. The number of aromatic nitrogens is 2. The number of benzene rings is 2. The summed E-state index contributed by atoms with van der Waals surface area (Å²) in [6.45, 7) is 0. The lowest BCUT2D eigenvalue weighted by Gasteiger charge is -2.11. The highest BCUT2D eigenvalue weighted by molar-refractivity contribution is 7.98. The van der Waals surface area contributed by atoms with Crippen LogP contribution in [0.25, 0.3) is 5.69 Å².